The molecule has 0 aromatic carbocycles. The van der Waals surface area contributed by atoms with Crippen molar-refractivity contribution in [3.05, 3.63) is 0 Å². The first kappa shape index (κ1) is 14.7. The first-order valence-corrected chi connectivity index (χ1v) is 4.56. The van der Waals surface area contributed by atoms with E-state index in [4.69, 9.17) is 10.2 Å². The highest BCUT2D eigenvalue weighted by Gasteiger charge is 2.22. The molecule has 0 heterocycles. The van der Waals surface area contributed by atoms with Crippen molar-refractivity contribution in [3.8, 4) is 0 Å². The van der Waals surface area contributed by atoms with E-state index < -0.39 is 36.3 Å². The lowest BCUT2D eigenvalue weighted by atomic mass is 10.2. The Labute approximate surface area is 96.2 Å². The van der Waals surface area contributed by atoms with Crippen LogP contribution in [0.1, 0.15) is 6.42 Å². The summed E-state index contributed by atoms with van der Waals surface area (Å²) in [6.07, 6.45) is -0.747. The number of carboxylic acid groups (broad SMARTS) is 2. The third-order valence-electron chi connectivity index (χ3n) is 1.67. The van der Waals surface area contributed by atoms with Crippen LogP contribution in [0.25, 0.3) is 0 Å². The Kier molecular flexibility index (Phi) is 6.08. The predicted molar refractivity (Wildman–Crippen MR) is 54.3 cm³/mol. The topological polar surface area (TPSA) is 145 Å². The van der Waals surface area contributed by atoms with Gasteiger partial charge in [0.2, 0.25) is 5.91 Å². The Bertz CT molecular complexity index is 329. The molecule has 0 bridgehead atoms. The summed E-state index contributed by atoms with van der Waals surface area (Å²) in [5, 5.41) is 23.2. The van der Waals surface area contributed by atoms with Crippen molar-refractivity contribution in [2.45, 2.75) is 12.5 Å². The molecule has 0 fully saturated rings. The van der Waals surface area contributed by atoms with Crippen molar-refractivity contribution in [3.63, 3.8) is 0 Å². The molecule has 0 aliphatic rings. The quantitative estimate of drug-likeness (QED) is 0.365. The Morgan fingerprint density at radius 2 is 1.76 bits per heavy atom. The molecule has 1 atom stereocenters. The molecule has 0 rings (SSSR count). The van der Waals surface area contributed by atoms with Crippen molar-refractivity contribution >= 4 is 23.9 Å². The number of likely N-dealkylation sites (N-methyl/N-ethyl adjacent to an activating group) is 1. The Hall–Kier alpha value is -2.32. The van der Waals surface area contributed by atoms with E-state index in [1.54, 1.807) is 0 Å². The molecule has 0 saturated carbocycles. The first-order chi connectivity index (χ1) is 7.86. The van der Waals surface area contributed by atoms with Gasteiger partial charge in [-0.3, -0.25) is 9.59 Å². The van der Waals surface area contributed by atoms with Gasteiger partial charge in [-0.05, 0) is 0 Å². The maximum absolute atomic E-state index is 11.1. The van der Waals surface area contributed by atoms with E-state index in [1.807, 2.05) is 5.32 Å². The van der Waals surface area contributed by atoms with Crippen molar-refractivity contribution in [1.82, 2.24) is 16.0 Å². The van der Waals surface area contributed by atoms with Gasteiger partial charge in [-0.15, -0.1) is 0 Å². The molecule has 17 heavy (non-hydrogen) atoms. The van der Waals surface area contributed by atoms with Gasteiger partial charge in [0.25, 0.3) is 0 Å². The third kappa shape index (κ3) is 6.71. The minimum Gasteiger partial charge on any atom is -0.481 e. The third-order valence-corrected chi connectivity index (χ3v) is 1.67. The molecule has 0 radical (unpaired) electrons. The SMILES string of the molecule is CNC(=O)CNC(=O)NC(CC(=O)O)C(=O)O. The minimum atomic E-state index is -1.54. The zero-order valence-corrected chi connectivity index (χ0v) is 9.02. The van der Waals surface area contributed by atoms with Crippen molar-refractivity contribution in [2.24, 2.45) is 0 Å². The standard InChI is InChI=1S/C8H13N3O6/c1-9-5(12)3-10-8(17)11-4(7(15)16)2-6(13)14/h4H,2-3H2,1H3,(H,9,12)(H,13,14)(H,15,16)(H2,10,11,17). The van der Waals surface area contributed by atoms with Gasteiger partial charge in [0.1, 0.15) is 6.04 Å². The summed E-state index contributed by atoms with van der Waals surface area (Å²) in [5.74, 6) is -3.29. The maximum atomic E-state index is 11.1. The van der Waals surface area contributed by atoms with Crippen LogP contribution in [0.5, 0.6) is 0 Å². The summed E-state index contributed by atoms with van der Waals surface area (Å²) >= 11 is 0. The summed E-state index contributed by atoms with van der Waals surface area (Å²) in [6, 6.07) is -2.47. The molecule has 3 amide bonds. The van der Waals surface area contributed by atoms with Gasteiger partial charge < -0.3 is 26.2 Å². The normalized spacial score (nSPS) is 11.1. The summed E-state index contributed by atoms with van der Waals surface area (Å²) in [6.45, 7) is -0.332. The van der Waals surface area contributed by atoms with Crippen LogP contribution in [0.2, 0.25) is 0 Å². The van der Waals surface area contributed by atoms with Crippen LogP contribution in [-0.4, -0.2) is 53.7 Å². The monoisotopic (exact) mass is 247 g/mol. The number of hydrogen-bond donors (Lipinski definition) is 5. The van der Waals surface area contributed by atoms with Crippen molar-refractivity contribution in [1.29, 1.82) is 0 Å². The Morgan fingerprint density at radius 1 is 1.18 bits per heavy atom. The number of carbonyl (C=O) groups is 4. The highest BCUT2D eigenvalue weighted by Crippen LogP contribution is 1.92. The summed E-state index contributed by atoms with van der Waals surface area (Å²) < 4.78 is 0. The van der Waals surface area contributed by atoms with Gasteiger partial charge in [0.15, 0.2) is 0 Å². The first-order valence-electron chi connectivity index (χ1n) is 4.56. The van der Waals surface area contributed by atoms with Gasteiger partial charge in [-0.2, -0.15) is 0 Å². The molecule has 0 aromatic heterocycles. The zero-order valence-electron chi connectivity index (χ0n) is 9.02. The van der Waals surface area contributed by atoms with Crippen LogP contribution in [0, 0.1) is 0 Å². The largest absolute Gasteiger partial charge is 0.481 e. The molecule has 0 aliphatic carbocycles. The number of urea groups is 1. The molecule has 5 N–H and O–H groups in total. The van der Waals surface area contributed by atoms with Crippen LogP contribution in [-0.2, 0) is 14.4 Å². The van der Waals surface area contributed by atoms with Crippen LogP contribution in [0.4, 0.5) is 4.79 Å². The molecular weight excluding hydrogens is 234 g/mol. The van der Waals surface area contributed by atoms with Crippen LogP contribution in [0.3, 0.4) is 0 Å². The van der Waals surface area contributed by atoms with Gasteiger partial charge in [-0.25, -0.2) is 9.59 Å². The minimum absolute atomic E-state index is 0.332. The number of amides is 3. The molecule has 96 valence electrons. The van der Waals surface area contributed by atoms with E-state index in [-0.39, 0.29) is 6.54 Å². The molecule has 1 unspecified atom stereocenters. The number of carboxylic acids is 2. The second kappa shape index (κ2) is 7.04. The fourth-order valence-electron chi connectivity index (χ4n) is 0.833. The molecule has 9 heteroatoms. The van der Waals surface area contributed by atoms with E-state index in [1.165, 1.54) is 7.05 Å². The summed E-state index contributed by atoms with van der Waals surface area (Å²) in [4.78, 5) is 42.7. The van der Waals surface area contributed by atoms with Crippen LogP contribution in [0.15, 0.2) is 0 Å². The number of aliphatic carboxylic acids is 2. The summed E-state index contributed by atoms with van der Waals surface area (Å²) in [5.41, 5.74) is 0. The lowest BCUT2D eigenvalue weighted by Crippen LogP contribution is -2.48. The fourth-order valence-corrected chi connectivity index (χ4v) is 0.833. The molecule has 0 aliphatic heterocycles. The van der Waals surface area contributed by atoms with Gasteiger partial charge in [0, 0.05) is 7.05 Å². The van der Waals surface area contributed by atoms with Crippen molar-refractivity contribution < 1.29 is 29.4 Å². The van der Waals surface area contributed by atoms with Gasteiger partial charge in [-0.1, -0.05) is 0 Å². The van der Waals surface area contributed by atoms with Crippen molar-refractivity contribution in [2.75, 3.05) is 13.6 Å². The number of carbonyl (C=O) groups excluding carboxylic acids is 2. The highest BCUT2D eigenvalue weighted by molar-refractivity contribution is 5.88. The second-order valence-corrected chi connectivity index (χ2v) is 2.99. The predicted octanol–water partition coefficient (Wildman–Crippen LogP) is -2.04. The Balaban J connectivity index is 4.17. The number of hydrogen-bond acceptors (Lipinski definition) is 4. The van der Waals surface area contributed by atoms with E-state index in [0.29, 0.717) is 0 Å². The van der Waals surface area contributed by atoms with E-state index in [2.05, 4.69) is 10.6 Å². The Morgan fingerprint density at radius 3 is 2.18 bits per heavy atom. The zero-order chi connectivity index (χ0) is 13.4. The molecule has 0 aromatic rings. The fraction of sp³-hybridized carbons (Fsp3) is 0.500. The van der Waals surface area contributed by atoms with E-state index in [9.17, 15) is 19.2 Å². The molecule has 9 nitrogen and oxygen atoms in total. The van der Waals surface area contributed by atoms with Crippen LogP contribution < -0.4 is 16.0 Å². The van der Waals surface area contributed by atoms with Gasteiger partial charge >= 0.3 is 18.0 Å². The maximum Gasteiger partial charge on any atom is 0.326 e. The van der Waals surface area contributed by atoms with E-state index >= 15 is 0 Å². The average Bonchev–Trinajstić information content (AvgIpc) is 2.24. The second-order valence-electron chi connectivity index (χ2n) is 2.99. The average molecular weight is 247 g/mol. The highest BCUT2D eigenvalue weighted by atomic mass is 16.4. The lowest BCUT2D eigenvalue weighted by Gasteiger charge is -2.12. The molecular formula is C8H13N3O6. The number of rotatable bonds is 6. The number of nitrogens with one attached hydrogen (secondary N) is 3. The van der Waals surface area contributed by atoms with Gasteiger partial charge in [0.05, 0.1) is 13.0 Å². The smallest absolute Gasteiger partial charge is 0.326 e. The molecule has 0 saturated heterocycles. The van der Waals surface area contributed by atoms with Crippen LogP contribution >= 0.6 is 0 Å². The van der Waals surface area contributed by atoms with E-state index in [0.717, 1.165) is 0 Å². The lowest BCUT2D eigenvalue weighted by molar-refractivity contribution is -0.145. The molecule has 0 spiro atoms. The summed E-state index contributed by atoms with van der Waals surface area (Å²) in [7, 11) is 1.37.